The molecule has 0 saturated carbocycles. The molecule has 0 aromatic heterocycles. The Balaban J connectivity index is 1.91. The SMILES string of the molecule is [2H]c1cc(N(c2c([2H])c([2H])c(B3OC(C)(C)C(C)(C)O3)c([2H])c2[2H])c2c([2H])c([2H])c(-c3c([2H])c([2H])c([2H])c([2H])c3[2H])c([2H])c2[2H])c([2H])c([2H])c1[2H]. The first-order chi connectivity index (χ1) is 23.4. The normalized spacial score (nSPS) is 23.4. The lowest BCUT2D eigenvalue weighted by molar-refractivity contribution is 0.00578. The lowest BCUT2D eigenvalue weighted by atomic mass is 9.79. The van der Waals surface area contributed by atoms with Crippen molar-refractivity contribution in [2.24, 2.45) is 0 Å². The molecule has 170 valence electrons. The van der Waals surface area contributed by atoms with Gasteiger partial charge in [-0.3, -0.25) is 0 Å². The van der Waals surface area contributed by atoms with Gasteiger partial charge in [0, 0.05) is 17.1 Å². The summed E-state index contributed by atoms with van der Waals surface area (Å²) in [7, 11) is -1.37. The highest BCUT2D eigenvalue weighted by Crippen LogP contribution is 2.38. The van der Waals surface area contributed by atoms with Crippen LogP contribution in [0.25, 0.3) is 11.1 Å². The average Bonchev–Trinajstić information content (AvgIpc) is 3.28. The van der Waals surface area contributed by atoms with Crippen LogP contribution in [0.15, 0.2) is 109 Å². The van der Waals surface area contributed by atoms with Crippen molar-refractivity contribution < 1.29 is 32.6 Å². The number of anilines is 3. The van der Waals surface area contributed by atoms with Crippen LogP contribution in [0.1, 0.15) is 51.0 Å². The fourth-order valence-electron chi connectivity index (χ4n) is 3.17. The van der Waals surface area contributed by atoms with Gasteiger partial charge in [-0.05, 0) is 80.6 Å². The summed E-state index contributed by atoms with van der Waals surface area (Å²) in [5.74, 6) is 0. The van der Waals surface area contributed by atoms with Gasteiger partial charge < -0.3 is 14.2 Å². The number of rotatable bonds is 5. The maximum atomic E-state index is 9.07. The van der Waals surface area contributed by atoms with Gasteiger partial charge in [-0.1, -0.05) is 72.5 Å². The lowest BCUT2D eigenvalue weighted by Crippen LogP contribution is -2.41. The summed E-state index contributed by atoms with van der Waals surface area (Å²) >= 11 is 0. The van der Waals surface area contributed by atoms with Gasteiger partial charge in [-0.2, -0.15) is 0 Å². The largest absolute Gasteiger partial charge is 0.494 e. The summed E-state index contributed by atoms with van der Waals surface area (Å²) in [5, 5.41) is 0. The zero-order valence-electron chi connectivity index (χ0n) is 35.9. The monoisotopic (exact) mass is 464 g/mol. The first kappa shape index (κ1) is 10.1. The highest BCUT2D eigenvalue weighted by atomic mass is 16.7. The number of nitrogens with zero attached hydrogens (tertiary/aromatic N) is 1. The van der Waals surface area contributed by atoms with E-state index in [1.165, 1.54) is 0 Å². The van der Waals surface area contributed by atoms with E-state index in [-0.39, 0.29) is 5.46 Å². The van der Waals surface area contributed by atoms with Crippen molar-refractivity contribution in [2.75, 3.05) is 4.90 Å². The molecular weight excluding hydrogens is 417 g/mol. The van der Waals surface area contributed by atoms with Crippen LogP contribution in [0.2, 0.25) is 0 Å². The maximum Gasteiger partial charge on any atom is 0.494 e. The van der Waals surface area contributed by atoms with E-state index in [0.717, 1.165) is 6.07 Å². The number of para-hydroxylation sites is 1. The van der Waals surface area contributed by atoms with E-state index < -0.39 is 149 Å². The number of benzene rings is 4. The number of hydrogen-bond donors (Lipinski definition) is 0. The Labute approximate surface area is 227 Å². The molecule has 0 unspecified atom stereocenters. The summed E-state index contributed by atoms with van der Waals surface area (Å²) in [5.41, 5.74) is -5.49. The molecule has 4 aromatic rings. The molecule has 4 aromatic carbocycles. The summed E-state index contributed by atoms with van der Waals surface area (Å²) in [6.07, 6.45) is 0. The molecule has 0 radical (unpaired) electrons. The predicted molar refractivity (Wildman–Crippen MR) is 142 cm³/mol. The Bertz CT molecular complexity index is 2070. The molecule has 1 heterocycles. The molecule has 3 nitrogen and oxygen atoms in total. The first-order valence-electron chi connectivity index (χ1n) is 18.9. The molecule has 4 heteroatoms. The van der Waals surface area contributed by atoms with Crippen LogP contribution in [0, 0.1) is 0 Å². The van der Waals surface area contributed by atoms with Crippen molar-refractivity contribution in [3.63, 3.8) is 0 Å². The Kier molecular flexibility index (Phi) is 2.61. The van der Waals surface area contributed by atoms with Crippen molar-refractivity contribution in [3.8, 4) is 11.1 Å². The van der Waals surface area contributed by atoms with Crippen LogP contribution in [0.3, 0.4) is 0 Å². The fraction of sp³-hybridized carbons (Fsp3) is 0.200. The minimum atomic E-state index is -1.37. The molecule has 0 amide bonds. The van der Waals surface area contributed by atoms with E-state index in [4.69, 9.17) is 32.6 Å². The van der Waals surface area contributed by atoms with Gasteiger partial charge in [0.15, 0.2) is 0 Å². The standard InChI is InChI=1S/C30H30BNO2/c1-29(2)30(3,4)34-31(33-29)25-17-21-28(22-18-25)32(26-13-9-6-10-14-26)27-19-15-24(16-20-27)23-11-7-5-8-12-23/h5-22H,1-4H3/i5D,6D,7D,8D,9D,10D,11D,12D,13D,15D,16D,17D,18D,19D,20D,21D,22D. The molecule has 1 aliphatic rings. The highest BCUT2D eigenvalue weighted by Gasteiger charge is 2.51. The van der Waals surface area contributed by atoms with Crippen LogP contribution in [-0.2, 0) is 9.31 Å². The van der Waals surface area contributed by atoms with Crippen molar-refractivity contribution in [3.05, 3.63) is 109 Å². The number of hydrogen-bond acceptors (Lipinski definition) is 3. The Morgan fingerprint density at radius 3 is 1.71 bits per heavy atom. The van der Waals surface area contributed by atoms with Gasteiger partial charge in [-0.15, -0.1) is 0 Å². The van der Waals surface area contributed by atoms with Crippen molar-refractivity contribution >= 4 is 29.6 Å². The molecule has 1 saturated heterocycles. The molecule has 5 rings (SSSR count). The lowest BCUT2D eigenvalue weighted by Gasteiger charge is -2.32. The molecule has 1 fully saturated rings. The fourth-order valence-corrected chi connectivity index (χ4v) is 3.17. The Morgan fingerprint density at radius 1 is 0.588 bits per heavy atom. The second kappa shape index (κ2) is 8.79. The topological polar surface area (TPSA) is 21.7 Å². The van der Waals surface area contributed by atoms with Crippen LogP contribution in [0.4, 0.5) is 17.1 Å². The molecule has 0 atom stereocenters. The molecule has 0 bridgehead atoms. The van der Waals surface area contributed by atoms with Crippen LogP contribution in [0.5, 0.6) is 0 Å². The van der Waals surface area contributed by atoms with Gasteiger partial charge in [0.1, 0.15) is 0 Å². The average molecular weight is 464 g/mol. The zero-order valence-corrected chi connectivity index (χ0v) is 18.9. The van der Waals surface area contributed by atoms with Crippen LogP contribution < -0.4 is 10.4 Å². The summed E-state index contributed by atoms with van der Waals surface area (Å²) < 4.78 is 158. The van der Waals surface area contributed by atoms with Crippen LogP contribution in [-0.4, -0.2) is 18.3 Å². The quantitative estimate of drug-likeness (QED) is 0.294. The van der Waals surface area contributed by atoms with E-state index in [9.17, 15) is 0 Å². The van der Waals surface area contributed by atoms with Crippen molar-refractivity contribution in [1.82, 2.24) is 0 Å². The smallest absolute Gasteiger partial charge is 0.399 e. The predicted octanol–water partition coefficient (Wildman–Crippen LogP) is 7.12. The Morgan fingerprint density at radius 2 is 1.09 bits per heavy atom. The van der Waals surface area contributed by atoms with Gasteiger partial charge in [-0.25, -0.2) is 0 Å². The third-order valence-corrected chi connectivity index (χ3v) is 5.70. The van der Waals surface area contributed by atoms with Gasteiger partial charge in [0.2, 0.25) is 0 Å². The second-order valence-electron chi connectivity index (χ2n) is 8.46. The van der Waals surface area contributed by atoms with E-state index in [1.807, 2.05) is 0 Å². The van der Waals surface area contributed by atoms with Gasteiger partial charge in [0.05, 0.1) is 34.5 Å². The molecule has 0 aliphatic carbocycles. The van der Waals surface area contributed by atoms with E-state index in [2.05, 4.69) is 0 Å². The van der Waals surface area contributed by atoms with Gasteiger partial charge >= 0.3 is 7.12 Å². The molecule has 1 aliphatic heterocycles. The third-order valence-electron chi connectivity index (χ3n) is 5.70. The molecule has 34 heavy (non-hydrogen) atoms. The van der Waals surface area contributed by atoms with Gasteiger partial charge in [0.25, 0.3) is 0 Å². The van der Waals surface area contributed by atoms with E-state index >= 15 is 0 Å². The summed E-state index contributed by atoms with van der Waals surface area (Å²) in [4.78, 5) is 0.680. The minimum absolute atomic E-state index is 0.293. The zero-order chi connectivity index (χ0) is 38.6. The molecular formula is C30H30BNO2. The Hall–Kier alpha value is -3.34. The van der Waals surface area contributed by atoms with Crippen molar-refractivity contribution in [2.45, 2.75) is 38.9 Å². The van der Waals surface area contributed by atoms with Crippen molar-refractivity contribution in [1.29, 1.82) is 0 Å². The summed E-state index contributed by atoms with van der Waals surface area (Å²) in [6, 6.07) is -12.6. The molecule has 0 spiro atoms. The maximum absolute atomic E-state index is 9.07. The second-order valence-corrected chi connectivity index (χ2v) is 8.46. The van der Waals surface area contributed by atoms with Crippen LogP contribution >= 0.6 is 0 Å². The first-order valence-corrected chi connectivity index (χ1v) is 10.4. The van der Waals surface area contributed by atoms with E-state index in [1.54, 1.807) is 27.7 Å². The third kappa shape index (κ3) is 4.27. The minimum Gasteiger partial charge on any atom is -0.399 e. The molecule has 0 N–H and O–H groups in total. The highest BCUT2D eigenvalue weighted by molar-refractivity contribution is 6.62. The summed E-state index contributed by atoms with van der Waals surface area (Å²) in [6.45, 7) is 6.88. The van der Waals surface area contributed by atoms with E-state index in [0.29, 0.717) is 4.90 Å².